The van der Waals surface area contributed by atoms with E-state index in [2.05, 4.69) is 0 Å². The zero-order valence-corrected chi connectivity index (χ0v) is 15.1. The number of ether oxygens (including phenoxy) is 1. The number of aliphatic hydroxyl groups is 1. The highest BCUT2D eigenvalue weighted by molar-refractivity contribution is 6.07. The van der Waals surface area contributed by atoms with Crippen LogP contribution in [0.15, 0.2) is 54.6 Å². The summed E-state index contributed by atoms with van der Waals surface area (Å²) in [6.07, 6.45) is 0. The fraction of sp³-hybridized carbons (Fsp3) is 0.333. The van der Waals surface area contributed by atoms with Crippen molar-refractivity contribution in [2.75, 3.05) is 31.8 Å². The first-order chi connectivity index (χ1) is 13.2. The third-order valence-electron chi connectivity index (χ3n) is 5.51. The Hall–Kier alpha value is -2.70. The van der Waals surface area contributed by atoms with Gasteiger partial charge in [-0.05, 0) is 23.8 Å². The van der Waals surface area contributed by atoms with Gasteiger partial charge in [-0.2, -0.15) is 0 Å². The second-order valence-electron chi connectivity index (χ2n) is 6.92. The van der Waals surface area contributed by atoms with Gasteiger partial charge >= 0.3 is 0 Å². The summed E-state index contributed by atoms with van der Waals surface area (Å²) >= 11 is 0. The van der Waals surface area contributed by atoms with Gasteiger partial charge in [-0.1, -0.05) is 36.4 Å². The molecule has 1 fully saturated rings. The van der Waals surface area contributed by atoms with Crippen molar-refractivity contribution in [2.24, 2.45) is 0 Å². The first-order valence-electron chi connectivity index (χ1n) is 9.04. The van der Waals surface area contributed by atoms with Crippen LogP contribution in [0.25, 0.3) is 0 Å². The molecule has 6 nitrogen and oxygen atoms in total. The molecule has 0 bridgehead atoms. The molecule has 0 unspecified atom stereocenters. The Labute approximate surface area is 158 Å². The number of amides is 2. The third-order valence-corrected chi connectivity index (χ3v) is 5.51. The molecule has 2 aromatic carbocycles. The largest absolute Gasteiger partial charge is 0.394 e. The lowest BCUT2D eigenvalue weighted by Gasteiger charge is -2.58. The van der Waals surface area contributed by atoms with Crippen molar-refractivity contribution in [3.05, 3.63) is 65.7 Å². The SMILES string of the molecule is COCC(=O)N1[C@H](CO)[C@H]2c3ccccc3N(C(=O)c3ccccc3)C[C@H]21. The molecule has 0 saturated carbocycles. The van der Waals surface area contributed by atoms with Crippen LogP contribution in [0.1, 0.15) is 21.8 Å². The van der Waals surface area contributed by atoms with Gasteiger partial charge in [0.1, 0.15) is 6.61 Å². The molecule has 2 amide bonds. The highest BCUT2D eigenvalue weighted by Gasteiger charge is 2.55. The van der Waals surface area contributed by atoms with Crippen molar-refractivity contribution < 1.29 is 19.4 Å². The zero-order chi connectivity index (χ0) is 19.0. The Morgan fingerprint density at radius 2 is 1.81 bits per heavy atom. The Balaban J connectivity index is 1.72. The number of nitrogens with zero attached hydrogens (tertiary/aromatic N) is 2. The van der Waals surface area contributed by atoms with Crippen LogP contribution in [0.2, 0.25) is 0 Å². The van der Waals surface area contributed by atoms with Crippen LogP contribution in [-0.4, -0.2) is 60.8 Å². The normalized spacial score (nSPS) is 23.3. The van der Waals surface area contributed by atoms with Crippen molar-refractivity contribution in [2.45, 2.75) is 18.0 Å². The van der Waals surface area contributed by atoms with Crippen molar-refractivity contribution in [3.8, 4) is 0 Å². The molecule has 4 rings (SSSR count). The summed E-state index contributed by atoms with van der Waals surface area (Å²) in [6, 6.07) is 16.4. The van der Waals surface area contributed by atoms with Gasteiger partial charge in [0.15, 0.2) is 0 Å². The first kappa shape index (κ1) is 17.7. The van der Waals surface area contributed by atoms with Gasteiger partial charge in [-0.25, -0.2) is 0 Å². The lowest BCUT2D eigenvalue weighted by Crippen LogP contribution is -2.71. The number of carbonyl (C=O) groups is 2. The van der Waals surface area contributed by atoms with E-state index in [0.29, 0.717) is 12.1 Å². The summed E-state index contributed by atoms with van der Waals surface area (Å²) in [5.74, 6) is -0.232. The topological polar surface area (TPSA) is 70.1 Å². The van der Waals surface area contributed by atoms with E-state index in [-0.39, 0.29) is 43.0 Å². The Morgan fingerprint density at radius 3 is 2.52 bits per heavy atom. The molecule has 1 saturated heterocycles. The summed E-state index contributed by atoms with van der Waals surface area (Å²) in [7, 11) is 1.48. The van der Waals surface area contributed by atoms with Crippen LogP contribution in [-0.2, 0) is 9.53 Å². The Morgan fingerprint density at radius 1 is 1.11 bits per heavy atom. The van der Waals surface area contributed by atoms with E-state index in [9.17, 15) is 14.7 Å². The number of anilines is 1. The molecule has 3 atom stereocenters. The smallest absolute Gasteiger partial charge is 0.258 e. The van der Waals surface area contributed by atoms with Gasteiger partial charge in [0.2, 0.25) is 5.91 Å². The minimum absolute atomic E-state index is 0.0202. The molecule has 0 aromatic heterocycles. The summed E-state index contributed by atoms with van der Waals surface area (Å²) in [4.78, 5) is 29.1. The molecule has 2 aliphatic heterocycles. The van der Waals surface area contributed by atoms with Gasteiger partial charge in [0, 0.05) is 30.8 Å². The lowest BCUT2D eigenvalue weighted by atomic mass is 9.72. The molecule has 140 valence electrons. The molecule has 6 heteroatoms. The zero-order valence-electron chi connectivity index (χ0n) is 15.1. The van der Waals surface area contributed by atoms with Gasteiger partial charge in [-0.3, -0.25) is 9.59 Å². The number of methoxy groups -OCH3 is 1. The van der Waals surface area contributed by atoms with Crippen molar-refractivity contribution in [1.82, 2.24) is 4.90 Å². The van der Waals surface area contributed by atoms with E-state index in [1.54, 1.807) is 21.9 Å². The number of fused-ring (bicyclic) bond motifs is 3. The van der Waals surface area contributed by atoms with E-state index in [1.807, 2.05) is 42.5 Å². The Kier molecular flexibility index (Phi) is 4.68. The maximum absolute atomic E-state index is 13.1. The maximum Gasteiger partial charge on any atom is 0.258 e. The Bertz CT molecular complexity index is 854. The van der Waals surface area contributed by atoms with E-state index < -0.39 is 0 Å². The minimum Gasteiger partial charge on any atom is -0.394 e. The second-order valence-corrected chi connectivity index (χ2v) is 6.92. The number of para-hydroxylation sites is 1. The van der Waals surface area contributed by atoms with Gasteiger partial charge < -0.3 is 19.6 Å². The number of hydrogen-bond acceptors (Lipinski definition) is 4. The molecule has 2 heterocycles. The molecule has 0 spiro atoms. The standard InChI is InChI=1S/C21H22N2O4/c1-27-13-19(25)23-17-11-22(21(26)14-7-3-2-4-8-14)16-10-6-5-9-15(16)20(17)18(23)12-24/h2-10,17-18,20,24H,11-13H2,1H3/t17-,18-,20+/m1/s1. The van der Waals surface area contributed by atoms with Crippen LogP contribution in [0.5, 0.6) is 0 Å². The van der Waals surface area contributed by atoms with Gasteiger partial charge in [0.05, 0.1) is 18.7 Å². The molecule has 1 N–H and O–H groups in total. The average molecular weight is 366 g/mol. The summed E-state index contributed by atoms with van der Waals surface area (Å²) in [5, 5.41) is 9.88. The minimum atomic E-state index is -0.284. The fourth-order valence-corrected chi connectivity index (χ4v) is 4.36. The van der Waals surface area contributed by atoms with Crippen LogP contribution in [0.3, 0.4) is 0 Å². The molecule has 27 heavy (non-hydrogen) atoms. The molecule has 2 aliphatic rings. The third kappa shape index (κ3) is 2.81. The highest BCUT2D eigenvalue weighted by atomic mass is 16.5. The molecule has 2 aromatic rings. The number of carbonyl (C=O) groups excluding carboxylic acids is 2. The molecular weight excluding hydrogens is 344 g/mol. The highest BCUT2D eigenvalue weighted by Crippen LogP contribution is 2.48. The van der Waals surface area contributed by atoms with Crippen molar-refractivity contribution in [3.63, 3.8) is 0 Å². The number of benzene rings is 2. The van der Waals surface area contributed by atoms with Crippen molar-refractivity contribution >= 4 is 17.5 Å². The summed E-state index contributed by atoms with van der Waals surface area (Å²) in [5.41, 5.74) is 2.46. The average Bonchev–Trinajstić information content (AvgIpc) is 2.68. The predicted octanol–water partition coefficient (Wildman–Crippen LogP) is 1.65. The monoisotopic (exact) mass is 366 g/mol. The van der Waals surface area contributed by atoms with E-state index >= 15 is 0 Å². The van der Waals surface area contributed by atoms with Crippen LogP contribution in [0, 0.1) is 0 Å². The second kappa shape index (κ2) is 7.13. The maximum atomic E-state index is 13.1. The van der Waals surface area contributed by atoms with Crippen LogP contribution >= 0.6 is 0 Å². The van der Waals surface area contributed by atoms with E-state index in [0.717, 1.165) is 11.3 Å². The van der Waals surface area contributed by atoms with Crippen LogP contribution in [0.4, 0.5) is 5.69 Å². The summed E-state index contributed by atoms with van der Waals surface area (Å²) < 4.78 is 4.99. The molecule has 0 aliphatic carbocycles. The quantitative estimate of drug-likeness (QED) is 0.893. The fourth-order valence-electron chi connectivity index (χ4n) is 4.36. The summed E-state index contributed by atoms with van der Waals surface area (Å²) in [6.45, 7) is 0.257. The number of aliphatic hydroxyl groups excluding tert-OH is 1. The van der Waals surface area contributed by atoms with Crippen LogP contribution < -0.4 is 4.90 Å². The number of likely N-dealkylation sites (tertiary alicyclic amines) is 1. The number of rotatable bonds is 4. The predicted molar refractivity (Wildman–Crippen MR) is 101 cm³/mol. The number of hydrogen-bond donors (Lipinski definition) is 1. The van der Waals surface area contributed by atoms with E-state index in [1.165, 1.54) is 7.11 Å². The van der Waals surface area contributed by atoms with Gasteiger partial charge in [-0.15, -0.1) is 0 Å². The van der Waals surface area contributed by atoms with Crippen molar-refractivity contribution in [1.29, 1.82) is 0 Å². The molecule has 0 radical (unpaired) electrons. The van der Waals surface area contributed by atoms with E-state index in [4.69, 9.17) is 4.74 Å². The molecular formula is C21H22N2O4. The first-order valence-corrected chi connectivity index (χ1v) is 9.04. The lowest BCUT2D eigenvalue weighted by molar-refractivity contribution is -0.154. The van der Waals surface area contributed by atoms with Gasteiger partial charge in [0.25, 0.3) is 5.91 Å².